The molecule has 0 aliphatic heterocycles. The zero-order chi connectivity index (χ0) is 13.7. The summed E-state index contributed by atoms with van der Waals surface area (Å²) in [6, 6.07) is 15.2. The van der Waals surface area contributed by atoms with E-state index in [2.05, 4.69) is 61.3 Å². The number of nitrogens with zero attached hydrogens (tertiary/aromatic N) is 1. The molecule has 0 saturated heterocycles. The predicted octanol–water partition coefficient (Wildman–Crippen LogP) is 2.91. The maximum absolute atomic E-state index is 5.68. The topological polar surface area (TPSA) is 29.3 Å². The largest absolute Gasteiger partial charge is 0.330 e. The molecule has 0 heterocycles. The van der Waals surface area contributed by atoms with Crippen molar-refractivity contribution in [1.82, 2.24) is 4.90 Å². The minimum absolute atomic E-state index is 0.567. The fourth-order valence-corrected chi connectivity index (χ4v) is 2.52. The van der Waals surface area contributed by atoms with Gasteiger partial charge < -0.3 is 10.6 Å². The number of likely N-dealkylation sites (N-methyl/N-ethyl adjacent to an activating group) is 1. The van der Waals surface area contributed by atoms with Gasteiger partial charge in [-0.2, -0.15) is 0 Å². The van der Waals surface area contributed by atoms with Gasteiger partial charge in [-0.25, -0.2) is 0 Å². The molecule has 0 aliphatic rings. The van der Waals surface area contributed by atoms with Gasteiger partial charge in [0.15, 0.2) is 0 Å². The van der Waals surface area contributed by atoms with Crippen molar-refractivity contribution in [3.05, 3.63) is 48.0 Å². The number of hydrogen-bond donors (Lipinski definition) is 1. The normalized spacial score (nSPS) is 13.1. The Labute approximate surface area is 116 Å². The molecule has 2 nitrogen and oxygen atoms in total. The molecule has 2 heteroatoms. The van der Waals surface area contributed by atoms with Gasteiger partial charge in [0.1, 0.15) is 0 Å². The summed E-state index contributed by atoms with van der Waals surface area (Å²) in [7, 11) is 2.18. The monoisotopic (exact) mass is 256 g/mol. The summed E-state index contributed by atoms with van der Waals surface area (Å²) < 4.78 is 0. The number of nitrogens with two attached hydrogens (primary N) is 1. The quantitative estimate of drug-likeness (QED) is 0.861. The zero-order valence-electron chi connectivity index (χ0n) is 12.0. The van der Waals surface area contributed by atoms with Crippen LogP contribution in [0.2, 0.25) is 0 Å². The van der Waals surface area contributed by atoms with E-state index < -0.39 is 0 Å². The van der Waals surface area contributed by atoms with Gasteiger partial charge in [-0.05, 0) is 42.3 Å². The van der Waals surface area contributed by atoms with Crippen LogP contribution in [-0.2, 0) is 6.42 Å². The molecule has 1 atom stereocenters. The lowest BCUT2D eigenvalue weighted by Crippen LogP contribution is -2.30. The molecule has 0 aromatic heterocycles. The smallest absolute Gasteiger partial charge is 0.00191 e. The summed E-state index contributed by atoms with van der Waals surface area (Å²) in [6.07, 6.45) is 1.09. The molecular formula is C17H24N2. The lowest BCUT2D eigenvalue weighted by atomic mass is 10.0. The third-order valence-electron chi connectivity index (χ3n) is 3.67. The average Bonchev–Trinajstić information content (AvgIpc) is 2.44. The summed E-state index contributed by atoms with van der Waals surface area (Å²) in [4.78, 5) is 2.37. The molecule has 0 amide bonds. The minimum Gasteiger partial charge on any atom is -0.330 e. The SMILES string of the molecule is CC(CN)CN(C)CCc1cccc2ccccc12. The predicted molar refractivity (Wildman–Crippen MR) is 83.4 cm³/mol. The van der Waals surface area contributed by atoms with Gasteiger partial charge in [0, 0.05) is 13.1 Å². The third-order valence-corrected chi connectivity index (χ3v) is 3.67. The van der Waals surface area contributed by atoms with Gasteiger partial charge in [0.25, 0.3) is 0 Å². The van der Waals surface area contributed by atoms with Gasteiger partial charge in [0.2, 0.25) is 0 Å². The van der Waals surface area contributed by atoms with Crippen molar-refractivity contribution in [2.24, 2.45) is 11.7 Å². The van der Waals surface area contributed by atoms with Crippen LogP contribution in [0.5, 0.6) is 0 Å². The number of fused-ring (bicyclic) bond motifs is 1. The first-order valence-corrected chi connectivity index (χ1v) is 7.06. The molecule has 0 radical (unpaired) electrons. The van der Waals surface area contributed by atoms with E-state index in [1.54, 1.807) is 0 Å². The van der Waals surface area contributed by atoms with Crippen LogP contribution in [0.3, 0.4) is 0 Å². The molecule has 102 valence electrons. The van der Waals surface area contributed by atoms with Crippen LogP contribution >= 0.6 is 0 Å². The Morgan fingerprint density at radius 2 is 1.84 bits per heavy atom. The van der Waals surface area contributed by atoms with Crippen LogP contribution < -0.4 is 5.73 Å². The van der Waals surface area contributed by atoms with E-state index >= 15 is 0 Å². The van der Waals surface area contributed by atoms with Crippen LogP contribution in [0.1, 0.15) is 12.5 Å². The van der Waals surface area contributed by atoms with E-state index in [-0.39, 0.29) is 0 Å². The van der Waals surface area contributed by atoms with Crippen molar-refractivity contribution in [2.45, 2.75) is 13.3 Å². The van der Waals surface area contributed by atoms with Crippen LogP contribution in [0.15, 0.2) is 42.5 Å². The highest BCUT2D eigenvalue weighted by Gasteiger charge is 2.06. The molecule has 0 bridgehead atoms. The molecule has 2 rings (SSSR count). The Balaban J connectivity index is 2.02. The van der Waals surface area contributed by atoms with E-state index in [1.165, 1.54) is 16.3 Å². The first-order valence-electron chi connectivity index (χ1n) is 7.06. The van der Waals surface area contributed by atoms with Gasteiger partial charge in [-0.1, -0.05) is 49.4 Å². The fraction of sp³-hybridized carbons (Fsp3) is 0.412. The van der Waals surface area contributed by atoms with Crippen molar-refractivity contribution in [1.29, 1.82) is 0 Å². The second kappa shape index (κ2) is 6.69. The maximum Gasteiger partial charge on any atom is 0.00191 e. The highest BCUT2D eigenvalue weighted by atomic mass is 15.1. The van der Waals surface area contributed by atoms with Crippen molar-refractivity contribution in [2.75, 3.05) is 26.7 Å². The molecule has 0 saturated carbocycles. The first-order chi connectivity index (χ1) is 9.20. The summed E-state index contributed by atoms with van der Waals surface area (Å²) in [5.41, 5.74) is 7.11. The first kappa shape index (κ1) is 14.0. The lowest BCUT2D eigenvalue weighted by molar-refractivity contribution is 0.292. The van der Waals surface area contributed by atoms with E-state index in [9.17, 15) is 0 Å². The van der Waals surface area contributed by atoms with Crippen molar-refractivity contribution >= 4 is 10.8 Å². The summed E-state index contributed by atoms with van der Waals surface area (Å²) in [5.74, 6) is 0.567. The highest BCUT2D eigenvalue weighted by Crippen LogP contribution is 2.19. The number of hydrogen-bond acceptors (Lipinski definition) is 2. The Hall–Kier alpha value is -1.38. The Morgan fingerprint density at radius 3 is 2.63 bits per heavy atom. The summed E-state index contributed by atoms with van der Waals surface area (Å²) in [6.45, 7) is 5.12. The Morgan fingerprint density at radius 1 is 1.11 bits per heavy atom. The molecule has 0 spiro atoms. The number of benzene rings is 2. The second-order valence-corrected chi connectivity index (χ2v) is 5.49. The molecule has 0 aliphatic carbocycles. The standard InChI is InChI=1S/C17H24N2/c1-14(12-18)13-19(2)11-10-16-8-5-7-15-6-3-4-9-17(15)16/h3-9,14H,10-13,18H2,1-2H3. The van der Waals surface area contributed by atoms with Gasteiger partial charge in [-0.3, -0.25) is 0 Å². The molecular weight excluding hydrogens is 232 g/mol. The molecule has 2 aromatic rings. The van der Waals surface area contributed by atoms with Crippen molar-refractivity contribution in [3.8, 4) is 0 Å². The van der Waals surface area contributed by atoms with Crippen LogP contribution in [0, 0.1) is 5.92 Å². The molecule has 0 fully saturated rings. The van der Waals surface area contributed by atoms with E-state index in [4.69, 9.17) is 5.73 Å². The molecule has 2 N–H and O–H groups in total. The maximum atomic E-state index is 5.68. The summed E-state index contributed by atoms with van der Waals surface area (Å²) >= 11 is 0. The zero-order valence-corrected chi connectivity index (χ0v) is 12.0. The van der Waals surface area contributed by atoms with Crippen molar-refractivity contribution in [3.63, 3.8) is 0 Å². The van der Waals surface area contributed by atoms with Crippen molar-refractivity contribution < 1.29 is 0 Å². The van der Waals surface area contributed by atoms with Gasteiger partial charge in [0.05, 0.1) is 0 Å². The molecule has 1 unspecified atom stereocenters. The van der Waals surface area contributed by atoms with Gasteiger partial charge >= 0.3 is 0 Å². The second-order valence-electron chi connectivity index (χ2n) is 5.49. The lowest BCUT2D eigenvalue weighted by Gasteiger charge is -2.20. The molecule has 19 heavy (non-hydrogen) atoms. The van der Waals surface area contributed by atoms with E-state index in [0.717, 1.165) is 26.1 Å². The van der Waals surface area contributed by atoms with Crippen LogP contribution in [0.25, 0.3) is 10.8 Å². The minimum atomic E-state index is 0.567. The van der Waals surface area contributed by atoms with E-state index in [1.807, 2.05) is 0 Å². The Bertz CT molecular complexity index is 516. The summed E-state index contributed by atoms with van der Waals surface area (Å²) in [5, 5.41) is 2.71. The van der Waals surface area contributed by atoms with Crippen LogP contribution in [-0.4, -0.2) is 31.6 Å². The van der Waals surface area contributed by atoms with Gasteiger partial charge in [-0.15, -0.1) is 0 Å². The van der Waals surface area contributed by atoms with Crippen LogP contribution in [0.4, 0.5) is 0 Å². The highest BCUT2D eigenvalue weighted by molar-refractivity contribution is 5.85. The Kier molecular flexibility index (Phi) is 4.94. The fourth-order valence-electron chi connectivity index (χ4n) is 2.52. The molecule has 2 aromatic carbocycles. The average molecular weight is 256 g/mol. The third kappa shape index (κ3) is 3.79. The van der Waals surface area contributed by atoms with E-state index in [0.29, 0.717) is 5.92 Å². The number of rotatable bonds is 6.